The van der Waals surface area contributed by atoms with Crippen LogP contribution in [-0.2, 0) is 17.4 Å². The van der Waals surface area contributed by atoms with E-state index in [0.717, 1.165) is 27.8 Å². The Hall–Kier alpha value is -2.77. The summed E-state index contributed by atoms with van der Waals surface area (Å²) in [7, 11) is -2.82. The van der Waals surface area contributed by atoms with Gasteiger partial charge in [0.15, 0.2) is 13.6 Å². The molecular weight excluding hydrogens is 403 g/mol. The quantitative estimate of drug-likeness (QED) is 0.340. The maximum atomic E-state index is 13.7. The second-order valence-electron chi connectivity index (χ2n) is 7.96. The molecule has 3 rings (SSSR count). The Morgan fingerprint density at radius 1 is 0.839 bits per heavy atom. The Morgan fingerprint density at radius 3 is 2.00 bits per heavy atom. The fraction of sp³-hybridized carbons (Fsp3) is 0.259. The highest BCUT2D eigenvalue weighted by molar-refractivity contribution is 7.71. The summed E-state index contributed by atoms with van der Waals surface area (Å²) in [5.41, 5.74) is 5.70. The van der Waals surface area contributed by atoms with Crippen molar-refractivity contribution in [2.75, 3.05) is 0 Å². The van der Waals surface area contributed by atoms with E-state index < -0.39 is 7.80 Å². The first-order valence-electron chi connectivity index (χ1n) is 10.7. The number of benzene rings is 3. The Bertz CT molecular complexity index is 1150. The number of rotatable bonds is 7. The van der Waals surface area contributed by atoms with Gasteiger partial charge in [-0.05, 0) is 55.9 Å². The normalized spacial score (nSPS) is 11.9. The van der Waals surface area contributed by atoms with Crippen molar-refractivity contribution in [3.63, 3.8) is 0 Å². The molecule has 0 bridgehead atoms. The first-order valence-corrected chi connectivity index (χ1v) is 12.1. The van der Waals surface area contributed by atoms with Crippen molar-refractivity contribution in [3.8, 4) is 0 Å². The molecule has 0 aliphatic heterocycles. The number of ketones is 1. The predicted octanol–water partition coefficient (Wildman–Crippen LogP) is 5.99. The molecule has 160 valence electrons. The maximum Gasteiger partial charge on any atom is 0.223 e. The highest BCUT2D eigenvalue weighted by atomic mass is 31.1. The number of carbonyl (C=O) groups is 2. The highest BCUT2D eigenvalue weighted by Gasteiger charge is 2.27. The first kappa shape index (κ1) is 22.9. The molecular formula is C27H29O3P. The van der Waals surface area contributed by atoms with Crippen molar-refractivity contribution in [2.24, 2.45) is 0 Å². The molecule has 0 amide bonds. The minimum Gasteiger partial charge on any atom is -0.313 e. The van der Waals surface area contributed by atoms with Crippen LogP contribution < -0.4 is 5.30 Å². The number of hydrogen-bond acceptors (Lipinski definition) is 3. The molecule has 3 nitrogen and oxygen atoms in total. The number of carbonyl (C=O) groups excluding carboxylic acids is 2. The lowest BCUT2D eigenvalue weighted by molar-refractivity contribution is 0.103. The van der Waals surface area contributed by atoms with Crippen molar-refractivity contribution in [2.45, 2.75) is 47.5 Å². The van der Waals surface area contributed by atoms with Gasteiger partial charge in [0.2, 0.25) is 5.52 Å². The highest BCUT2D eigenvalue weighted by Crippen LogP contribution is 2.34. The van der Waals surface area contributed by atoms with Gasteiger partial charge in [-0.2, -0.15) is 0 Å². The SMILES string of the molecule is CCc1ccc(C(=O)c2ccccc2)c(CC)c1[PH](=O)C(=O)c1c(C)cc(C)cc1C. The summed E-state index contributed by atoms with van der Waals surface area (Å²) in [6, 6.07) is 16.7. The van der Waals surface area contributed by atoms with Gasteiger partial charge in [-0.25, -0.2) is 0 Å². The average Bonchev–Trinajstić information content (AvgIpc) is 2.76. The second kappa shape index (κ2) is 9.58. The zero-order valence-electron chi connectivity index (χ0n) is 18.8. The largest absolute Gasteiger partial charge is 0.313 e. The van der Waals surface area contributed by atoms with Crippen LogP contribution in [0.3, 0.4) is 0 Å². The molecule has 0 radical (unpaired) electrons. The van der Waals surface area contributed by atoms with E-state index in [2.05, 4.69) is 0 Å². The van der Waals surface area contributed by atoms with Gasteiger partial charge >= 0.3 is 0 Å². The molecule has 1 atom stereocenters. The van der Waals surface area contributed by atoms with Gasteiger partial charge in [-0.1, -0.05) is 74.0 Å². The summed E-state index contributed by atoms with van der Waals surface area (Å²) < 4.78 is 13.7. The van der Waals surface area contributed by atoms with Crippen LogP contribution >= 0.6 is 7.80 Å². The predicted molar refractivity (Wildman–Crippen MR) is 129 cm³/mol. The van der Waals surface area contributed by atoms with E-state index in [1.54, 1.807) is 12.1 Å². The third kappa shape index (κ3) is 4.48. The Kier molecular flexibility index (Phi) is 7.08. The van der Waals surface area contributed by atoms with E-state index in [-0.39, 0.29) is 11.3 Å². The van der Waals surface area contributed by atoms with E-state index >= 15 is 0 Å². The van der Waals surface area contributed by atoms with E-state index in [1.165, 1.54) is 0 Å². The topological polar surface area (TPSA) is 51.2 Å². The lowest BCUT2D eigenvalue weighted by atomic mass is 9.94. The summed E-state index contributed by atoms with van der Waals surface area (Å²) in [6.45, 7) is 9.69. The first-order chi connectivity index (χ1) is 14.8. The van der Waals surface area contributed by atoms with Crippen molar-refractivity contribution < 1.29 is 14.2 Å². The summed E-state index contributed by atoms with van der Waals surface area (Å²) >= 11 is 0. The summed E-state index contributed by atoms with van der Waals surface area (Å²) in [5, 5.41) is 0.571. The van der Waals surface area contributed by atoms with Crippen molar-refractivity contribution >= 4 is 24.4 Å². The molecule has 0 N–H and O–H groups in total. The van der Waals surface area contributed by atoms with Crippen molar-refractivity contribution in [3.05, 3.63) is 99.1 Å². The standard InChI is InChI=1S/C27H29O3P/c1-6-20-13-14-23(25(28)21-11-9-8-10-12-21)22(7-2)26(20)31(30)27(29)24-18(4)15-17(3)16-19(24)5/h8-16,31H,6-7H2,1-5H3. The minimum absolute atomic E-state index is 0.105. The molecule has 31 heavy (non-hydrogen) atoms. The lowest BCUT2D eigenvalue weighted by Gasteiger charge is -2.18. The van der Waals surface area contributed by atoms with E-state index in [0.29, 0.717) is 34.8 Å². The van der Waals surface area contributed by atoms with Crippen LogP contribution in [-0.4, -0.2) is 11.3 Å². The molecule has 4 heteroatoms. The molecule has 0 saturated heterocycles. The molecule has 0 aliphatic carbocycles. The minimum atomic E-state index is -2.82. The molecule has 1 unspecified atom stereocenters. The van der Waals surface area contributed by atoms with Gasteiger partial charge < -0.3 is 4.57 Å². The number of aryl methyl sites for hydroxylation is 4. The Labute approximate surface area is 185 Å². The molecule has 0 saturated carbocycles. The zero-order valence-corrected chi connectivity index (χ0v) is 19.8. The van der Waals surface area contributed by atoms with Crippen LogP contribution in [0.2, 0.25) is 0 Å². The third-order valence-electron chi connectivity index (χ3n) is 5.75. The Morgan fingerprint density at radius 2 is 1.45 bits per heavy atom. The van der Waals surface area contributed by atoms with E-state index in [4.69, 9.17) is 0 Å². The van der Waals surface area contributed by atoms with Gasteiger partial charge in [-0.3, -0.25) is 9.59 Å². The van der Waals surface area contributed by atoms with Crippen LogP contribution in [0.25, 0.3) is 0 Å². The maximum absolute atomic E-state index is 13.7. The molecule has 3 aromatic carbocycles. The molecule has 0 aliphatic rings. The monoisotopic (exact) mass is 432 g/mol. The van der Waals surface area contributed by atoms with Crippen LogP contribution in [0.4, 0.5) is 0 Å². The van der Waals surface area contributed by atoms with Crippen LogP contribution in [0.5, 0.6) is 0 Å². The van der Waals surface area contributed by atoms with Gasteiger partial charge in [0.25, 0.3) is 0 Å². The summed E-state index contributed by atoms with van der Waals surface area (Å²) in [5.74, 6) is -0.105. The van der Waals surface area contributed by atoms with Gasteiger partial charge in [0, 0.05) is 22.0 Å². The molecule has 0 heterocycles. The third-order valence-corrected chi connectivity index (χ3v) is 7.49. The zero-order chi connectivity index (χ0) is 22.7. The van der Waals surface area contributed by atoms with E-state index in [9.17, 15) is 14.2 Å². The molecule has 3 aromatic rings. The van der Waals surface area contributed by atoms with Crippen molar-refractivity contribution in [1.29, 1.82) is 0 Å². The smallest absolute Gasteiger partial charge is 0.223 e. The second-order valence-corrected chi connectivity index (χ2v) is 9.57. The molecule has 0 spiro atoms. The van der Waals surface area contributed by atoms with Gasteiger partial charge in [0.05, 0.1) is 0 Å². The fourth-order valence-electron chi connectivity index (χ4n) is 4.36. The van der Waals surface area contributed by atoms with Gasteiger partial charge in [-0.15, -0.1) is 0 Å². The Balaban J connectivity index is 2.17. The lowest BCUT2D eigenvalue weighted by Crippen LogP contribution is -2.20. The number of hydrogen-bond donors (Lipinski definition) is 0. The fourth-order valence-corrected chi connectivity index (χ4v) is 6.35. The van der Waals surface area contributed by atoms with Crippen molar-refractivity contribution in [1.82, 2.24) is 0 Å². The molecule has 0 aromatic heterocycles. The van der Waals surface area contributed by atoms with Crippen LogP contribution in [0.15, 0.2) is 54.6 Å². The summed E-state index contributed by atoms with van der Waals surface area (Å²) in [6.07, 6.45) is 1.18. The van der Waals surface area contributed by atoms with Gasteiger partial charge in [0.1, 0.15) is 0 Å². The average molecular weight is 433 g/mol. The summed E-state index contributed by atoms with van der Waals surface area (Å²) in [4.78, 5) is 26.6. The van der Waals surface area contributed by atoms with E-state index in [1.807, 2.05) is 77.1 Å². The molecule has 0 fully saturated rings. The van der Waals surface area contributed by atoms with Crippen LogP contribution in [0, 0.1) is 20.8 Å². The van der Waals surface area contributed by atoms with Crippen LogP contribution in [0.1, 0.15) is 67.9 Å².